The number of rotatable bonds is 5. The summed E-state index contributed by atoms with van der Waals surface area (Å²) in [6.07, 6.45) is 0. The minimum atomic E-state index is -0.222. The van der Waals surface area contributed by atoms with Crippen molar-refractivity contribution in [3.63, 3.8) is 0 Å². The van der Waals surface area contributed by atoms with E-state index in [1.165, 1.54) is 17.0 Å². The number of aliphatic imine (C=N–C) groups is 1. The Hall–Kier alpha value is -1.15. The van der Waals surface area contributed by atoms with Crippen molar-refractivity contribution in [2.45, 2.75) is 20.0 Å². The maximum absolute atomic E-state index is 12.8. The summed E-state index contributed by atoms with van der Waals surface area (Å²) >= 11 is 1.71. The number of halogens is 2. The van der Waals surface area contributed by atoms with Crippen molar-refractivity contribution in [2.24, 2.45) is 4.99 Å². The smallest absolute Gasteiger partial charge is 0.191 e. The van der Waals surface area contributed by atoms with Crippen LogP contribution in [0.3, 0.4) is 0 Å². The van der Waals surface area contributed by atoms with E-state index >= 15 is 0 Å². The van der Waals surface area contributed by atoms with Crippen LogP contribution in [0.5, 0.6) is 0 Å². The van der Waals surface area contributed by atoms with E-state index in [1.807, 2.05) is 13.0 Å². The summed E-state index contributed by atoms with van der Waals surface area (Å²) < 4.78 is 12.8. The van der Waals surface area contributed by atoms with E-state index in [0.29, 0.717) is 6.54 Å². The van der Waals surface area contributed by atoms with Gasteiger partial charge in [-0.2, -0.15) is 0 Å². The summed E-state index contributed by atoms with van der Waals surface area (Å²) in [6.45, 7) is 4.12. The molecule has 0 saturated heterocycles. The van der Waals surface area contributed by atoms with Crippen LogP contribution in [-0.2, 0) is 13.1 Å². The molecule has 1 heterocycles. The lowest BCUT2D eigenvalue weighted by Crippen LogP contribution is -2.36. The Morgan fingerprint density at radius 1 is 1.19 bits per heavy atom. The van der Waals surface area contributed by atoms with Crippen molar-refractivity contribution in [1.29, 1.82) is 0 Å². The summed E-state index contributed by atoms with van der Waals surface area (Å²) in [5.74, 6) is 0.547. The first kappa shape index (κ1) is 17.9. The van der Waals surface area contributed by atoms with Gasteiger partial charge in [-0.15, -0.1) is 35.3 Å². The van der Waals surface area contributed by atoms with Crippen molar-refractivity contribution in [2.75, 3.05) is 6.54 Å². The van der Waals surface area contributed by atoms with Crippen LogP contribution in [0, 0.1) is 5.82 Å². The van der Waals surface area contributed by atoms with E-state index in [2.05, 4.69) is 27.1 Å². The number of hydrogen-bond acceptors (Lipinski definition) is 2. The zero-order valence-electron chi connectivity index (χ0n) is 11.8. The maximum atomic E-state index is 12.8. The molecule has 0 bridgehead atoms. The lowest BCUT2D eigenvalue weighted by atomic mass is 10.2. The summed E-state index contributed by atoms with van der Waals surface area (Å²) in [7, 11) is 0. The molecular formula is C15H19FIN3S. The van der Waals surface area contributed by atoms with E-state index in [0.717, 1.165) is 24.6 Å². The van der Waals surface area contributed by atoms with Gasteiger partial charge in [-0.25, -0.2) is 9.38 Å². The first-order chi connectivity index (χ1) is 9.78. The quantitative estimate of drug-likeness (QED) is 0.440. The molecule has 6 heteroatoms. The molecule has 1 aromatic heterocycles. The largest absolute Gasteiger partial charge is 0.357 e. The van der Waals surface area contributed by atoms with Crippen LogP contribution in [-0.4, -0.2) is 12.5 Å². The van der Waals surface area contributed by atoms with Crippen LogP contribution >= 0.6 is 35.3 Å². The molecule has 2 rings (SSSR count). The third-order valence-corrected chi connectivity index (χ3v) is 3.56. The van der Waals surface area contributed by atoms with E-state index < -0.39 is 0 Å². The Kier molecular flexibility index (Phi) is 8.29. The van der Waals surface area contributed by atoms with E-state index in [-0.39, 0.29) is 29.8 Å². The zero-order valence-corrected chi connectivity index (χ0v) is 15.0. The lowest BCUT2D eigenvalue weighted by Gasteiger charge is -2.10. The molecular weight excluding hydrogens is 400 g/mol. The molecule has 0 aliphatic carbocycles. The van der Waals surface area contributed by atoms with Gasteiger partial charge < -0.3 is 10.6 Å². The molecule has 21 heavy (non-hydrogen) atoms. The highest BCUT2D eigenvalue weighted by Gasteiger charge is 1.99. The van der Waals surface area contributed by atoms with Gasteiger partial charge >= 0.3 is 0 Å². The summed E-state index contributed by atoms with van der Waals surface area (Å²) in [4.78, 5) is 5.75. The monoisotopic (exact) mass is 419 g/mol. The third kappa shape index (κ3) is 6.43. The number of nitrogens with zero attached hydrogens (tertiary/aromatic N) is 1. The summed E-state index contributed by atoms with van der Waals surface area (Å²) in [5.41, 5.74) is 0.986. The number of hydrogen-bond donors (Lipinski definition) is 2. The predicted octanol–water partition coefficient (Wildman–Crippen LogP) is 3.76. The van der Waals surface area contributed by atoms with Crippen molar-refractivity contribution in [1.82, 2.24) is 10.6 Å². The van der Waals surface area contributed by atoms with Crippen molar-refractivity contribution in [3.8, 4) is 0 Å². The van der Waals surface area contributed by atoms with Gasteiger partial charge in [-0.3, -0.25) is 0 Å². The average molecular weight is 419 g/mol. The first-order valence-corrected chi connectivity index (χ1v) is 7.45. The number of benzene rings is 1. The predicted molar refractivity (Wildman–Crippen MR) is 97.8 cm³/mol. The summed E-state index contributed by atoms with van der Waals surface area (Å²) in [5, 5.41) is 8.53. The molecule has 0 unspecified atom stereocenters. The molecule has 0 radical (unpaired) electrons. The van der Waals surface area contributed by atoms with Crippen LogP contribution < -0.4 is 10.6 Å². The Morgan fingerprint density at radius 2 is 1.95 bits per heavy atom. The van der Waals surface area contributed by atoms with Crippen LogP contribution in [0.2, 0.25) is 0 Å². The normalized spacial score (nSPS) is 10.9. The molecule has 0 fully saturated rings. The van der Waals surface area contributed by atoms with Gasteiger partial charge in [0.1, 0.15) is 5.82 Å². The van der Waals surface area contributed by atoms with Crippen molar-refractivity contribution in [3.05, 3.63) is 58.0 Å². The van der Waals surface area contributed by atoms with E-state index in [4.69, 9.17) is 0 Å². The van der Waals surface area contributed by atoms with E-state index in [1.54, 1.807) is 23.5 Å². The van der Waals surface area contributed by atoms with Gasteiger partial charge in [0.25, 0.3) is 0 Å². The van der Waals surface area contributed by atoms with Crippen LogP contribution in [0.25, 0.3) is 0 Å². The minimum Gasteiger partial charge on any atom is -0.357 e. The molecule has 114 valence electrons. The Bertz CT molecular complexity index is 541. The molecule has 0 atom stereocenters. The second-order valence-corrected chi connectivity index (χ2v) is 5.29. The van der Waals surface area contributed by atoms with Gasteiger partial charge in [-0.1, -0.05) is 18.2 Å². The summed E-state index contributed by atoms with van der Waals surface area (Å²) in [6, 6.07) is 10.5. The maximum Gasteiger partial charge on any atom is 0.191 e. The fraction of sp³-hybridized carbons (Fsp3) is 0.267. The van der Waals surface area contributed by atoms with E-state index in [9.17, 15) is 4.39 Å². The second-order valence-electron chi connectivity index (χ2n) is 4.25. The van der Waals surface area contributed by atoms with Crippen LogP contribution in [0.4, 0.5) is 4.39 Å². The molecule has 2 N–H and O–H groups in total. The molecule has 0 amide bonds. The van der Waals surface area contributed by atoms with Crippen molar-refractivity contribution < 1.29 is 4.39 Å². The minimum absolute atomic E-state index is 0. The topological polar surface area (TPSA) is 36.4 Å². The van der Waals surface area contributed by atoms with Gasteiger partial charge in [0.05, 0.1) is 13.1 Å². The number of nitrogens with one attached hydrogen (secondary N) is 2. The van der Waals surface area contributed by atoms with Crippen LogP contribution in [0.1, 0.15) is 17.4 Å². The molecule has 1 aromatic carbocycles. The molecule has 2 aromatic rings. The molecule has 0 aliphatic rings. The highest BCUT2D eigenvalue weighted by atomic mass is 127. The van der Waals surface area contributed by atoms with Gasteiger partial charge in [-0.05, 0) is 36.1 Å². The number of guanidine groups is 1. The SMILES string of the molecule is CCNC(=NCc1ccc(F)cc1)NCc1cccs1.I. The zero-order chi connectivity index (χ0) is 14.2. The molecule has 0 saturated carbocycles. The molecule has 0 spiro atoms. The fourth-order valence-electron chi connectivity index (χ4n) is 1.69. The third-order valence-electron chi connectivity index (χ3n) is 2.69. The number of thiophene rings is 1. The Morgan fingerprint density at radius 3 is 2.57 bits per heavy atom. The standard InChI is InChI=1S/C15H18FN3S.HI/c1-2-17-15(19-11-14-4-3-9-20-14)18-10-12-5-7-13(16)8-6-12;/h3-9H,2,10-11H2,1H3,(H2,17,18,19);1H. The van der Waals surface area contributed by atoms with Gasteiger partial charge in [0.15, 0.2) is 5.96 Å². The average Bonchev–Trinajstić information content (AvgIpc) is 2.97. The second kappa shape index (κ2) is 9.73. The fourth-order valence-corrected chi connectivity index (χ4v) is 2.33. The van der Waals surface area contributed by atoms with Gasteiger partial charge in [0, 0.05) is 11.4 Å². The van der Waals surface area contributed by atoms with Crippen molar-refractivity contribution >= 4 is 41.3 Å². The van der Waals surface area contributed by atoms with Crippen LogP contribution in [0.15, 0.2) is 46.8 Å². The lowest BCUT2D eigenvalue weighted by molar-refractivity contribution is 0.627. The Balaban J connectivity index is 0.00000220. The highest BCUT2D eigenvalue weighted by Crippen LogP contribution is 2.07. The van der Waals surface area contributed by atoms with Gasteiger partial charge in [0.2, 0.25) is 0 Å². The molecule has 3 nitrogen and oxygen atoms in total. The Labute approximate surface area is 145 Å². The molecule has 0 aliphatic heterocycles. The first-order valence-electron chi connectivity index (χ1n) is 6.57. The highest BCUT2D eigenvalue weighted by molar-refractivity contribution is 14.0.